The highest BCUT2D eigenvalue weighted by atomic mass is 19.4. The van der Waals surface area contributed by atoms with Crippen LogP contribution < -0.4 is 0 Å². The molecule has 1 aromatic carbocycles. The van der Waals surface area contributed by atoms with Crippen LogP contribution in [0, 0.1) is 5.82 Å². The number of ether oxygens (including phenoxy) is 1. The summed E-state index contributed by atoms with van der Waals surface area (Å²) in [5, 5.41) is 0. The number of esters is 1. The highest BCUT2D eigenvalue weighted by Crippen LogP contribution is 2.33. The van der Waals surface area contributed by atoms with Crippen LogP contribution in [-0.4, -0.2) is 12.1 Å². The average molecular weight is 376 g/mol. The minimum atomic E-state index is -4.73. The summed E-state index contributed by atoms with van der Waals surface area (Å²) in [5.41, 5.74) is -1.93. The van der Waals surface area contributed by atoms with Crippen molar-refractivity contribution in [1.29, 1.82) is 0 Å². The fourth-order valence-corrected chi connectivity index (χ4v) is 2.88. The van der Waals surface area contributed by atoms with E-state index in [9.17, 15) is 22.4 Å². The van der Waals surface area contributed by atoms with Gasteiger partial charge in [-0.3, -0.25) is 0 Å². The van der Waals surface area contributed by atoms with Gasteiger partial charge in [0.05, 0.1) is 11.1 Å². The molecule has 1 unspecified atom stereocenters. The second-order valence-electron chi connectivity index (χ2n) is 6.56. The maximum atomic E-state index is 13.4. The van der Waals surface area contributed by atoms with Crippen molar-refractivity contribution in [3.8, 4) is 0 Å². The third-order valence-corrected chi connectivity index (χ3v) is 4.27. The van der Waals surface area contributed by atoms with E-state index in [2.05, 4.69) is 6.92 Å². The summed E-state index contributed by atoms with van der Waals surface area (Å²) in [6, 6.07) is 1.87. The molecule has 1 rings (SSSR count). The molecule has 0 amide bonds. The molecule has 0 saturated heterocycles. The Morgan fingerprint density at radius 1 is 1.00 bits per heavy atom. The molecule has 148 valence electrons. The summed E-state index contributed by atoms with van der Waals surface area (Å²) in [5.74, 6) is -2.01. The molecule has 0 aliphatic carbocycles. The van der Waals surface area contributed by atoms with E-state index in [1.54, 1.807) is 0 Å². The van der Waals surface area contributed by atoms with Crippen molar-refractivity contribution in [2.24, 2.45) is 0 Å². The van der Waals surface area contributed by atoms with E-state index >= 15 is 0 Å². The first-order chi connectivity index (χ1) is 12.3. The molecule has 0 fully saturated rings. The predicted molar refractivity (Wildman–Crippen MR) is 93.5 cm³/mol. The van der Waals surface area contributed by atoms with Gasteiger partial charge in [0.2, 0.25) is 0 Å². The topological polar surface area (TPSA) is 26.3 Å². The molecule has 2 nitrogen and oxygen atoms in total. The molecule has 0 N–H and O–H groups in total. The first kappa shape index (κ1) is 22.5. The quantitative estimate of drug-likeness (QED) is 0.238. The van der Waals surface area contributed by atoms with Gasteiger partial charge < -0.3 is 4.74 Å². The molecule has 0 heterocycles. The van der Waals surface area contributed by atoms with Crippen molar-refractivity contribution in [3.63, 3.8) is 0 Å². The van der Waals surface area contributed by atoms with E-state index in [1.165, 1.54) is 6.42 Å². The number of hydrogen-bond acceptors (Lipinski definition) is 2. The highest BCUT2D eigenvalue weighted by molar-refractivity contribution is 5.91. The Morgan fingerprint density at radius 2 is 1.65 bits per heavy atom. The minimum Gasteiger partial charge on any atom is -0.459 e. The number of benzene rings is 1. The van der Waals surface area contributed by atoms with Gasteiger partial charge in [-0.15, -0.1) is 0 Å². The Labute approximate surface area is 152 Å². The second-order valence-corrected chi connectivity index (χ2v) is 6.56. The van der Waals surface area contributed by atoms with Crippen molar-refractivity contribution < 1.29 is 27.1 Å². The van der Waals surface area contributed by atoms with Crippen molar-refractivity contribution in [2.45, 2.75) is 83.9 Å². The largest absolute Gasteiger partial charge is 0.459 e. The van der Waals surface area contributed by atoms with Crippen LogP contribution in [-0.2, 0) is 10.9 Å². The summed E-state index contributed by atoms with van der Waals surface area (Å²) in [6.45, 7) is 4.06. The lowest BCUT2D eigenvalue weighted by molar-refractivity contribution is -0.138. The summed E-state index contributed by atoms with van der Waals surface area (Å²) in [7, 11) is 0. The average Bonchev–Trinajstić information content (AvgIpc) is 2.56. The van der Waals surface area contributed by atoms with E-state index in [-0.39, 0.29) is 0 Å². The van der Waals surface area contributed by atoms with Crippen molar-refractivity contribution in [3.05, 3.63) is 35.1 Å². The molecule has 0 aromatic heterocycles. The van der Waals surface area contributed by atoms with Crippen LogP contribution in [0.25, 0.3) is 0 Å². The number of carbonyl (C=O) groups is 1. The SMILES string of the molecule is CCCCCCCCC(CCC)OC(=O)c1cc(F)ccc1C(F)(F)F. The summed E-state index contributed by atoms with van der Waals surface area (Å²) >= 11 is 0. The Kier molecular flexibility index (Phi) is 9.66. The van der Waals surface area contributed by atoms with Crippen molar-refractivity contribution in [1.82, 2.24) is 0 Å². The molecule has 0 radical (unpaired) electrons. The number of unbranched alkanes of at least 4 members (excludes halogenated alkanes) is 5. The lowest BCUT2D eigenvalue weighted by Gasteiger charge is -2.19. The molecule has 6 heteroatoms. The molecule has 1 atom stereocenters. The van der Waals surface area contributed by atoms with Gasteiger partial charge in [-0.2, -0.15) is 13.2 Å². The molecule has 0 saturated carbocycles. The molecule has 1 aromatic rings. The monoisotopic (exact) mass is 376 g/mol. The third kappa shape index (κ3) is 7.75. The normalized spacial score (nSPS) is 12.8. The van der Waals surface area contributed by atoms with Crippen molar-refractivity contribution >= 4 is 5.97 Å². The standard InChI is InChI=1S/C20H28F4O2/c1-3-5-6-7-8-9-11-16(10-4-2)26-19(25)17-14-15(21)12-13-18(17)20(22,23)24/h12-14,16H,3-11H2,1-2H3. The Hall–Kier alpha value is -1.59. The second kappa shape index (κ2) is 11.2. The van der Waals surface area contributed by atoms with Crippen LogP contribution in [0.15, 0.2) is 18.2 Å². The van der Waals surface area contributed by atoms with E-state index in [0.29, 0.717) is 31.0 Å². The number of alkyl halides is 3. The van der Waals surface area contributed by atoms with Gasteiger partial charge in [0.25, 0.3) is 0 Å². The Balaban J connectivity index is 2.71. The maximum absolute atomic E-state index is 13.4. The number of hydrogen-bond donors (Lipinski definition) is 0. The van der Waals surface area contributed by atoms with Gasteiger partial charge >= 0.3 is 12.1 Å². The molecular weight excluding hydrogens is 348 g/mol. The van der Waals surface area contributed by atoms with Gasteiger partial charge in [0.15, 0.2) is 0 Å². The zero-order valence-electron chi connectivity index (χ0n) is 15.5. The molecule has 0 bridgehead atoms. The fraction of sp³-hybridized carbons (Fsp3) is 0.650. The van der Waals surface area contributed by atoms with E-state index in [1.807, 2.05) is 6.92 Å². The lowest BCUT2D eigenvalue weighted by Crippen LogP contribution is -2.21. The Bertz CT molecular complexity index is 555. The molecule has 0 aliphatic rings. The first-order valence-corrected chi connectivity index (χ1v) is 9.37. The minimum absolute atomic E-state index is 0.442. The molecule has 0 spiro atoms. The van der Waals surface area contributed by atoms with Gasteiger partial charge in [-0.1, -0.05) is 52.4 Å². The van der Waals surface area contributed by atoms with Gasteiger partial charge in [-0.25, -0.2) is 9.18 Å². The smallest absolute Gasteiger partial charge is 0.417 e. The van der Waals surface area contributed by atoms with E-state index in [4.69, 9.17) is 4.74 Å². The van der Waals surface area contributed by atoms with Crippen LogP contribution in [0.1, 0.15) is 87.6 Å². The number of rotatable bonds is 11. The molecule has 0 aliphatic heterocycles. The first-order valence-electron chi connectivity index (χ1n) is 9.37. The summed E-state index contributed by atoms with van der Waals surface area (Å²) in [6.07, 6.45) is 3.24. The van der Waals surface area contributed by atoms with Crippen LogP contribution in [0.3, 0.4) is 0 Å². The van der Waals surface area contributed by atoms with Crippen LogP contribution in [0.2, 0.25) is 0 Å². The van der Waals surface area contributed by atoms with Gasteiger partial charge in [0.1, 0.15) is 11.9 Å². The summed E-state index contributed by atoms with van der Waals surface area (Å²) < 4.78 is 57.8. The van der Waals surface area contributed by atoms with E-state index < -0.39 is 35.2 Å². The highest BCUT2D eigenvalue weighted by Gasteiger charge is 2.36. The van der Waals surface area contributed by atoms with Crippen LogP contribution in [0.4, 0.5) is 17.6 Å². The number of carbonyl (C=O) groups excluding carboxylic acids is 1. The fourth-order valence-electron chi connectivity index (χ4n) is 2.88. The predicted octanol–water partition coefficient (Wildman–Crippen LogP) is 6.92. The van der Waals surface area contributed by atoms with Crippen LogP contribution in [0.5, 0.6) is 0 Å². The lowest BCUT2D eigenvalue weighted by atomic mass is 10.0. The zero-order valence-corrected chi connectivity index (χ0v) is 15.5. The Morgan fingerprint density at radius 3 is 2.27 bits per heavy atom. The van der Waals surface area contributed by atoms with Crippen molar-refractivity contribution in [2.75, 3.05) is 0 Å². The zero-order chi connectivity index (χ0) is 19.6. The van der Waals surface area contributed by atoms with Crippen LogP contribution >= 0.6 is 0 Å². The van der Waals surface area contributed by atoms with E-state index in [0.717, 1.165) is 38.5 Å². The third-order valence-electron chi connectivity index (χ3n) is 4.27. The maximum Gasteiger partial charge on any atom is 0.417 e. The molecule has 26 heavy (non-hydrogen) atoms. The molecular formula is C20H28F4O2. The van der Waals surface area contributed by atoms with Gasteiger partial charge in [0, 0.05) is 0 Å². The van der Waals surface area contributed by atoms with Gasteiger partial charge in [-0.05, 0) is 37.5 Å². The number of halogens is 4. The summed E-state index contributed by atoms with van der Waals surface area (Å²) in [4.78, 5) is 12.2.